The van der Waals surface area contributed by atoms with Crippen LogP contribution in [0, 0.1) is 11.7 Å². The van der Waals surface area contributed by atoms with Crippen LogP contribution in [0.1, 0.15) is 13.3 Å². The Hall–Kier alpha value is -1.23. The van der Waals surface area contributed by atoms with Crippen LogP contribution in [-0.4, -0.2) is 24.0 Å². The summed E-state index contributed by atoms with van der Waals surface area (Å²) in [6.45, 7) is 2.27. The molecular formula is C13H17FN2OS. The molecule has 1 amide bonds. The van der Waals surface area contributed by atoms with Gasteiger partial charge < -0.3 is 10.6 Å². The predicted molar refractivity (Wildman–Crippen MR) is 74.6 cm³/mol. The second kappa shape index (κ2) is 6.09. The van der Waals surface area contributed by atoms with E-state index in [0.717, 1.165) is 12.2 Å². The van der Waals surface area contributed by atoms with Gasteiger partial charge >= 0.3 is 0 Å². The van der Waals surface area contributed by atoms with Gasteiger partial charge in [0.05, 0.1) is 5.69 Å². The lowest BCUT2D eigenvalue weighted by Crippen LogP contribution is -2.14. The molecule has 1 heterocycles. The number of hydrogen-bond acceptors (Lipinski definition) is 3. The van der Waals surface area contributed by atoms with Crippen molar-refractivity contribution in [2.75, 3.05) is 28.7 Å². The molecule has 0 bridgehead atoms. The maximum atomic E-state index is 13.4. The van der Waals surface area contributed by atoms with Gasteiger partial charge in [0, 0.05) is 19.2 Å². The lowest BCUT2D eigenvalue weighted by molar-refractivity contribution is -0.114. The van der Waals surface area contributed by atoms with Crippen molar-refractivity contribution in [1.29, 1.82) is 0 Å². The molecule has 2 N–H and O–H groups in total. The van der Waals surface area contributed by atoms with E-state index < -0.39 is 5.82 Å². The number of halogens is 1. The minimum absolute atomic E-state index is 0.230. The van der Waals surface area contributed by atoms with E-state index >= 15 is 0 Å². The van der Waals surface area contributed by atoms with Crippen LogP contribution < -0.4 is 10.6 Å². The molecule has 5 heteroatoms. The summed E-state index contributed by atoms with van der Waals surface area (Å²) in [6, 6.07) is 4.71. The highest BCUT2D eigenvalue weighted by Gasteiger charge is 2.15. The van der Waals surface area contributed by atoms with E-state index in [1.807, 2.05) is 11.8 Å². The molecule has 0 saturated carbocycles. The molecule has 0 radical (unpaired) electrons. The second-order valence-electron chi connectivity index (χ2n) is 4.49. The van der Waals surface area contributed by atoms with Gasteiger partial charge in [-0.2, -0.15) is 11.8 Å². The van der Waals surface area contributed by atoms with Crippen LogP contribution in [0.4, 0.5) is 15.8 Å². The second-order valence-corrected chi connectivity index (χ2v) is 5.64. The fourth-order valence-corrected chi connectivity index (χ4v) is 3.21. The van der Waals surface area contributed by atoms with Crippen molar-refractivity contribution < 1.29 is 9.18 Å². The summed E-state index contributed by atoms with van der Waals surface area (Å²) >= 11 is 1.97. The maximum Gasteiger partial charge on any atom is 0.221 e. The number of benzene rings is 1. The van der Waals surface area contributed by atoms with Crippen molar-refractivity contribution in [3.05, 3.63) is 24.0 Å². The van der Waals surface area contributed by atoms with Gasteiger partial charge in [0.1, 0.15) is 5.82 Å². The molecule has 1 atom stereocenters. The smallest absolute Gasteiger partial charge is 0.221 e. The van der Waals surface area contributed by atoms with Crippen LogP contribution in [0.3, 0.4) is 0 Å². The van der Waals surface area contributed by atoms with E-state index in [4.69, 9.17) is 0 Å². The van der Waals surface area contributed by atoms with E-state index in [1.165, 1.54) is 30.9 Å². The number of carbonyl (C=O) groups is 1. The summed E-state index contributed by atoms with van der Waals surface area (Å²) in [6.07, 6.45) is 1.23. The van der Waals surface area contributed by atoms with E-state index in [0.29, 0.717) is 5.92 Å². The van der Waals surface area contributed by atoms with Gasteiger partial charge in [-0.3, -0.25) is 4.79 Å². The largest absolute Gasteiger partial charge is 0.385 e. The average Bonchev–Trinajstić information content (AvgIpc) is 2.82. The number of rotatable bonds is 4. The van der Waals surface area contributed by atoms with Gasteiger partial charge in [-0.1, -0.05) is 0 Å². The molecule has 1 fully saturated rings. The minimum atomic E-state index is -0.410. The van der Waals surface area contributed by atoms with Crippen molar-refractivity contribution in [2.24, 2.45) is 5.92 Å². The molecule has 1 unspecified atom stereocenters. The van der Waals surface area contributed by atoms with Crippen molar-refractivity contribution in [2.45, 2.75) is 13.3 Å². The minimum Gasteiger partial charge on any atom is -0.385 e. The molecule has 0 spiro atoms. The molecule has 1 aromatic carbocycles. The first-order valence-corrected chi connectivity index (χ1v) is 7.19. The van der Waals surface area contributed by atoms with Crippen molar-refractivity contribution in [3.63, 3.8) is 0 Å². The van der Waals surface area contributed by atoms with Gasteiger partial charge in [-0.15, -0.1) is 0 Å². The third kappa shape index (κ3) is 3.63. The molecule has 1 aliphatic heterocycles. The molecule has 18 heavy (non-hydrogen) atoms. The standard InChI is InChI=1S/C13H17FN2OS/c1-9(17)16-13-6-11(2-3-12(13)14)15-7-10-4-5-18-8-10/h2-3,6,10,15H,4-5,7-8H2,1H3,(H,16,17). The SMILES string of the molecule is CC(=O)Nc1cc(NCC2CCSC2)ccc1F. The number of anilines is 2. The number of carbonyl (C=O) groups excluding carboxylic acids is 1. The Morgan fingerprint density at radius 2 is 2.39 bits per heavy atom. The summed E-state index contributed by atoms with van der Waals surface area (Å²) in [4.78, 5) is 10.9. The zero-order chi connectivity index (χ0) is 13.0. The molecule has 2 rings (SSSR count). The fraction of sp³-hybridized carbons (Fsp3) is 0.462. The van der Waals surface area contributed by atoms with Gasteiger partial charge in [0.2, 0.25) is 5.91 Å². The quantitative estimate of drug-likeness (QED) is 0.882. The highest BCUT2D eigenvalue weighted by Crippen LogP contribution is 2.25. The summed E-state index contributed by atoms with van der Waals surface area (Å²) < 4.78 is 13.4. The van der Waals surface area contributed by atoms with Gasteiger partial charge in [0.25, 0.3) is 0 Å². The number of hydrogen-bond donors (Lipinski definition) is 2. The van der Waals surface area contributed by atoms with Crippen LogP contribution in [0.15, 0.2) is 18.2 Å². The van der Waals surface area contributed by atoms with Gasteiger partial charge in [-0.05, 0) is 42.0 Å². The summed E-state index contributed by atoms with van der Waals surface area (Å²) in [5.74, 6) is 2.43. The monoisotopic (exact) mass is 268 g/mol. The number of thioether (sulfide) groups is 1. The van der Waals surface area contributed by atoms with E-state index in [-0.39, 0.29) is 11.6 Å². The predicted octanol–water partition coefficient (Wildman–Crippen LogP) is 2.95. The van der Waals surface area contributed by atoms with Crippen molar-refractivity contribution in [1.82, 2.24) is 0 Å². The molecule has 0 aliphatic carbocycles. The van der Waals surface area contributed by atoms with E-state index in [9.17, 15) is 9.18 Å². The molecule has 98 valence electrons. The summed E-state index contributed by atoms with van der Waals surface area (Å²) in [5.41, 5.74) is 1.07. The zero-order valence-corrected chi connectivity index (χ0v) is 11.1. The van der Waals surface area contributed by atoms with Gasteiger partial charge in [-0.25, -0.2) is 4.39 Å². The normalized spacial score (nSPS) is 18.7. The highest BCUT2D eigenvalue weighted by atomic mass is 32.2. The van der Waals surface area contributed by atoms with Crippen LogP contribution in [0.5, 0.6) is 0 Å². The number of nitrogens with one attached hydrogen (secondary N) is 2. The van der Waals surface area contributed by atoms with Crippen LogP contribution >= 0.6 is 11.8 Å². The Morgan fingerprint density at radius 1 is 1.56 bits per heavy atom. The molecule has 0 aromatic heterocycles. The van der Waals surface area contributed by atoms with Crippen LogP contribution in [0.25, 0.3) is 0 Å². The molecule has 3 nitrogen and oxygen atoms in total. The molecule has 1 aliphatic rings. The molecule has 1 aromatic rings. The van der Waals surface area contributed by atoms with E-state index in [1.54, 1.807) is 12.1 Å². The first-order chi connectivity index (χ1) is 8.65. The molecular weight excluding hydrogens is 251 g/mol. The van der Waals surface area contributed by atoms with E-state index in [2.05, 4.69) is 10.6 Å². The zero-order valence-electron chi connectivity index (χ0n) is 10.3. The van der Waals surface area contributed by atoms with Crippen LogP contribution in [0.2, 0.25) is 0 Å². The topological polar surface area (TPSA) is 41.1 Å². The first-order valence-electron chi connectivity index (χ1n) is 6.04. The Bertz CT molecular complexity index is 433. The Morgan fingerprint density at radius 3 is 3.06 bits per heavy atom. The third-order valence-corrected chi connectivity index (χ3v) is 4.13. The van der Waals surface area contributed by atoms with Crippen molar-refractivity contribution in [3.8, 4) is 0 Å². The lowest BCUT2D eigenvalue weighted by atomic mass is 10.1. The summed E-state index contributed by atoms with van der Waals surface area (Å²) in [5, 5.41) is 5.78. The average molecular weight is 268 g/mol. The molecule has 1 saturated heterocycles. The van der Waals surface area contributed by atoms with Crippen molar-refractivity contribution >= 4 is 29.0 Å². The fourth-order valence-electron chi connectivity index (χ4n) is 1.93. The third-order valence-electron chi connectivity index (χ3n) is 2.90. The number of amides is 1. The summed E-state index contributed by atoms with van der Waals surface area (Å²) in [7, 11) is 0. The Balaban J connectivity index is 1.97. The first kappa shape index (κ1) is 13.2. The van der Waals surface area contributed by atoms with Crippen LogP contribution in [-0.2, 0) is 4.79 Å². The van der Waals surface area contributed by atoms with Gasteiger partial charge in [0.15, 0.2) is 0 Å². The Kier molecular flexibility index (Phi) is 4.47. The Labute approximate surface area is 111 Å². The lowest BCUT2D eigenvalue weighted by Gasteiger charge is -2.12. The highest BCUT2D eigenvalue weighted by molar-refractivity contribution is 7.99. The maximum absolute atomic E-state index is 13.4.